The average Bonchev–Trinajstić information content (AvgIpc) is 2.94. The Labute approximate surface area is 150 Å². The van der Waals surface area contributed by atoms with Gasteiger partial charge in [-0.05, 0) is 26.9 Å². The van der Waals surface area contributed by atoms with Crippen molar-refractivity contribution in [3.05, 3.63) is 41.2 Å². The quantitative estimate of drug-likeness (QED) is 0.824. The summed E-state index contributed by atoms with van der Waals surface area (Å²) in [4.78, 5) is 19.8. The topological polar surface area (TPSA) is 67.2 Å². The molecule has 7 nitrogen and oxygen atoms in total. The second-order valence-corrected chi connectivity index (χ2v) is 6.85. The maximum atomic E-state index is 13.9. The fourth-order valence-corrected chi connectivity index (χ4v) is 3.25. The minimum Gasteiger partial charge on any atom is -0.336 e. The number of rotatable bonds is 4. The number of piperidine rings is 1. The second-order valence-electron chi connectivity index (χ2n) is 6.85. The lowest BCUT2D eigenvalue weighted by molar-refractivity contribution is 0.0692. The predicted molar refractivity (Wildman–Crippen MR) is 90.4 cm³/mol. The molecule has 1 atom stereocenters. The monoisotopic (exact) mass is 364 g/mol. The zero-order chi connectivity index (χ0) is 18.8. The molecule has 1 amide bonds. The summed E-state index contributed by atoms with van der Waals surface area (Å²) in [5, 5.41) is 8.53. The van der Waals surface area contributed by atoms with Crippen LogP contribution in [0.2, 0.25) is 0 Å². The molecule has 2 aromatic rings. The van der Waals surface area contributed by atoms with Crippen LogP contribution in [0.15, 0.2) is 12.3 Å². The van der Waals surface area contributed by atoms with E-state index in [0.29, 0.717) is 25.7 Å². The number of amides is 1. The summed E-state index contributed by atoms with van der Waals surface area (Å²) >= 11 is 0. The molecule has 0 aliphatic carbocycles. The van der Waals surface area contributed by atoms with Crippen molar-refractivity contribution in [2.45, 2.75) is 25.3 Å². The highest BCUT2D eigenvalue weighted by molar-refractivity contribution is 5.92. The van der Waals surface area contributed by atoms with Gasteiger partial charge in [-0.15, -0.1) is 10.2 Å². The molecule has 0 saturated carbocycles. The van der Waals surface area contributed by atoms with Crippen molar-refractivity contribution in [3.8, 4) is 0 Å². The Hall–Kier alpha value is -2.42. The zero-order valence-electron chi connectivity index (χ0n) is 15.1. The third kappa shape index (κ3) is 3.72. The second kappa shape index (κ2) is 7.45. The van der Waals surface area contributed by atoms with Crippen molar-refractivity contribution in [2.24, 2.45) is 7.05 Å². The minimum absolute atomic E-state index is 0.0182. The molecular weight excluding hydrogens is 342 g/mol. The highest BCUT2D eigenvalue weighted by Gasteiger charge is 2.30. The van der Waals surface area contributed by atoms with E-state index >= 15 is 0 Å². The molecule has 0 radical (unpaired) electrons. The molecule has 1 saturated heterocycles. The van der Waals surface area contributed by atoms with Gasteiger partial charge in [0, 0.05) is 32.1 Å². The van der Waals surface area contributed by atoms with Crippen LogP contribution in [0.5, 0.6) is 0 Å². The lowest BCUT2D eigenvalue weighted by Gasteiger charge is -2.32. The van der Waals surface area contributed by atoms with Crippen molar-refractivity contribution >= 4 is 5.91 Å². The molecule has 2 aromatic heterocycles. The van der Waals surface area contributed by atoms with Crippen molar-refractivity contribution in [1.29, 1.82) is 0 Å². The fourth-order valence-electron chi connectivity index (χ4n) is 3.25. The molecule has 1 fully saturated rings. The standard InChI is InChI=1S/C17H22F2N6O/c1-23(2)10-14-21-22-16(24(14)3)11-5-4-6-25(9-11)17(26)15-13(19)7-12(18)8-20-15/h7-8,11H,4-6,9-10H2,1-3H3/t11-/m1/s1. The fraction of sp³-hybridized carbons (Fsp3) is 0.529. The third-order valence-corrected chi connectivity index (χ3v) is 4.54. The molecule has 0 aromatic carbocycles. The summed E-state index contributed by atoms with van der Waals surface area (Å²) < 4.78 is 28.9. The van der Waals surface area contributed by atoms with E-state index in [9.17, 15) is 13.6 Å². The highest BCUT2D eigenvalue weighted by atomic mass is 19.1. The van der Waals surface area contributed by atoms with Gasteiger partial charge in [-0.25, -0.2) is 13.8 Å². The van der Waals surface area contributed by atoms with Crippen molar-refractivity contribution in [1.82, 2.24) is 29.5 Å². The number of aromatic nitrogens is 4. The summed E-state index contributed by atoms with van der Waals surface area (Å²) in [6.07, 6.45) is 2.50. The number of pyridine rings is 1. The Kier molecular flexibility index (Phi) is 5.26. The Morgan fingerprint density at radius 1 is 1.35 bits per heavy atom. The maximum absolute atomic E-state index is 13.9. The molecule has 3 heterocycles. The molecule has 3 rings (SSSR count). The number of hydrogen-bond acceptors (Lipinski definition) is 5. The van der Waals surface area contributed by atoms with Crippen molar-refractivity contribution in [2.75, 3.05) is 27.2 Å². The van der Waals surface area contributed by atoms with E-state index in [1.165, 1.54) is 0 Å². The Morgan fingerprint density at radius 2 is 2.12 bits per heavy atom. The molecular formula is C17H22F2N6O. The van der Waals surface area contributed by atoms with Gasteiger partial charge in [0.1, 0.15) is 17.5 Å². The van der Waals surface area contributed by atoms with E-state index < -0.39 is 17.5 Å². The van der Waals surface area contributed by atoms with Crippen LogP contribution in [-0.4, -0.2) is 62.6 Å². The smallest absolute Gasteiger partial charge is 0.275 e. The first-order valence-corrected chi connectivity index (χ1v) is 8.50. The van der Waals surface area contributed by atoms with Crippen molar-refractivity contribution in [3.63, 3.8) is 0 Å². The lowest BCUT2D eigenvalue weighted by atomic mass is 9.97. The van der Waals surface area contributed by atoms with Gasteiger partial charge in [-0.2, -0.15) is 0 Å². The van der Waals surface area contributed by atoms with Crippen LogP contribution in [0.1, 0.15) is 40.9 Å². The molecule has 1 aliphatic rings. The van der Waals surface area contributed by atoms with Crippen LogP contribution in [-0.2, 0) is 13.6 Å². The van der Waals surface area contributed by atoms with Gasteiger partial charge in [-0.1, -0.05) is 0 Å². The van der Waals surface area contributed by atoms with Crippen LogP contribution < -0.4 is 0 Å². The zero-order valence-corrected chi connectivity index (χ0v) is 15.1. The van der Waals surface area contributed by atoms with Crippen LogP contribution >= 0.6 is 0 Å². The van der Waals surface area contributed by atoms with E-state index in [4.69, 9.17) is 0 Å². The van der Waals surface area contributed by atoms with E-state index in [2.05, 4.69) is 15.2 Å². The number of nitrogens with zero attached hydrogens (tertiary/aromatic N) is 6. The predicted octanol–water partition coefficient (Wildman–Crippen LogP) is 1.57. The highest BCUT2D eigenvalue weighted by Crippen LogP contribution is 2.27. The van der Waals surface area contributed by atoms with Gasteiger partial charge >= 0.3 is 0 Å². The van der Waals surface area contributed by atoms with Crippen LogP contribution in [0.25, 0.3) is 0 Å². The average molecular weight is 364 g/mol. The lowest BCUT2D eigenvalue weighted by Crippen LogP contribution is -2.40. The van der Waals surface area contributed by atoms with Crippen molar-refractivity contribution < 1.29 is 13.6 Å². The Balaban J connectivity index is 1.77. The first kappa shape index (κ1) is 18.4. The van der Waals surface area contributed by atoms with Crippen LogP contribution in [0.4, 0.5) is 8.78 Å². The number of hydrogen-bond donors (Lipinski definition) is 0. The van der Waals surface area contributed by atoms with Gasteiger partial charge in [0.15, 0.2) is 11.5 Å². The van der Waals surface area contributed by atoms with E-state index in [1.54, 1.807) is 4.90 Å². The summed E-state index contributed by atoms with van der Waals surface area (Å²) in [6.45, 7) is 1.59. The molecule has 0 bridgehead atoms. The Morgan fingerprint density at radius 3 is 2.81 bits per heavy atom. The third-order valence-electron chi connectivity index (χ3n) is 4.54. The SMILES string of the molecule is CN(C)Cc1nnc([C@@H]2CCCN(C(=O)c3ncc(F)cc3F)C2)n1C. The largest absolute Gasteiger partial charge is 0.336 e. The summed E-state index contributed by atoms with van der Waals surface area (Å²) in [5.41, 5.74) is -0.349. The van der Waals surface area contributed by atoms with Gasteiger partial charge in [-0.3, -0.25) is 4.79 Å². The normalized spacial score (nSPS) is 17.8. The molecule has 1 aliphatic heterocycles. The molecule has 0 unspecified atom stereocenters. The molecule has 26 heavy (non-hydrogen) atoms. The van der Waals surface area contributed by atoms with Crippen LogP contribution in [0.3, 0.4) is 0 Å². The molecule has 0 N–H and O–H groups in total. The van der Waals surface area contributed by atoms with E-state index in [1.807, 2.05) is 30.6 Å². The van der Waals surface area contributed by atoms with Gasteiger partial charge in [0.05, 0.1) is 12.7 Å². The van der Waals surface area contributed by atoms with Gasteiger partial charge < -0.3 is 14.4 Å². The summed E-state index contributed by atoms with van der Waals surface area (Å²) in [7, 11) is 5.83. The summed E-state index contributed by atoms with van der Waals surface area (Å²) in [5.74, 6) is -0.591. The number of carbonyl (C=O) groups excluding carboxylic acids is 1. The van der Waals surface area contributed by atoms with Gasteiger partial charge in [0.2, 0.25) is 0 Å². The van der Waals surface area contributed by atoms with Crippen LogP contribution in [0, 0.1) is 11.6 Å². The first-order chi connectivity index (χ1) is 12.4. The first-order valence-electron chi connectivity index (χ1n) is 8.50. The number of carbonyl (C=O) groups is 1. The van der Waals surface area contributed by atoms with E-state index in [-0.39, 0.29) is 11.6 Å². The molecule has 0 spiro atoms. The minimum atomic E-state index is -0.941. The maximum Gasteiger partial charge on any atom is 0.275 e. The molecule has 9 heteroatoms. The number of halogens is 2. The molecule has 140 valence electrons. The van der Waals surface area contributed by atoms with Gasteiger partial charge in [0.25, 0.3) is 5.91 Å². The van der Waals surface area contributed by atoms with E-state index in [0.717, 1.165) is 30.7 Å². The Bertz CT molecular complexity index is 807. The number of likely N-dealkylation sites (tertiary alicyclic amines) is 1. The summed E-state index contributed by atoms with van der Waals surface area (Å²) in [6, 6.07) is 0.678.